The van der Waals surface area contributed by atoms with Gasteiger partial charge in [-0.15, -0.1) is 0 Å². The highest BCUT2D eigenvalue weighted by Gasteiger charge is 2.13. The number of carbonyl (C=O) groups is 1. The molecule has 0 aromatic heterocycles. The van der Waals surface area contributed by atoms with Crippen LogP contribution in [0.2, 0.25) is 0 Å². The summed E-state index contributed by atoms with van der Waals surface area (Å²) in [5.74, 6) is 0.646. The number of hydrogen-bond donors (Lipinski definition) is 1. The predicted octanol–water partition coefficient (Wildman–Crippen LogP) is 1.75. The number of rotatable bonds is 5. The van der Waals surface area contributed by atoms with Crippen LogP contribution in [0.3, 0.4) is 0 Å². The Morgan fingerprint density at radius 3 is 2.72 bits per heavy atom. The minimum absolute atomic E-state index is 0.0652. The molecular formula is C13H18N2O2S. The first-order chi connectivity index (χ1) is 8.45. The van der Waals surface area contributed by atoms with Gasteiger partial charge < -0.3 is 15.4 Å². The van der Waals surface area contributed by atoms with Crippen LogP contribution >= 0.6 is 12.2 Å². The summed E-state index contributed by atoms with van der Waals surface area (Å²) < 4.78 is 5.20. The van der Waals surface area contributed by atoms with Crippen molar-refractivity contribution in [3.8, 4) is 5.75 Å². The zero-order chi connectivity index (χ0) is 13.7. The smallest absolute Gasteiger partial charge is 0.253 e. The van der Waals surface area contributed by atoms with Crippen LogP contribution in [0.15, 0.2) is 18.2 Å². The summed E-state index contributed by atoms with van der Waals surface area (Å²) in [6.45, 7) is 2.45. The number of hydrogen-bond acceptors (Lipinski definition) is 3. The summed E-state index contributed by atoms with van der Waals surface area (Å²) in [5.41, 5.74) is 7.02. The fourth-order valence-electron chi connectivity index (χ4n) is 1.55. The molecule has 0 aliphatic rings. The van der Waals surface area contributed by atoms with E-state index in [0.717, 1.165) is 5.56 Å². The lowest BCUT2D eigenvalue weighted by Crippen LogP contribution is -2.30. The fraction of sp³-hybridized carbons (Fsp3) is 0.385. The number of amides is 1. The number of thiocarbonyl (C=S) groups is 1. The SMILES string of the molecule is COc1cc(C(=O)N(C)CCC(N)=S)ccc1C. The largest absolute Gasteiger partial charge is 0.496 e. The topological polar surface area (TPSA) is 55.6 Å². The van der Waals surface area contributed by atoms with E-state index in [9.17, 15) is 4.79 Å². The van der Waals surface area contributed by atoms with E-state index in [-0.39, 0.29) is 5.91 Å². The summed E-state index contributed by atoms with van der Waals surface area (Å²) >= 11 is 4.79. The third-order valence-corrected chi connectivity index (χ3v) is 2.90. The molecule has 0 bridgehead atoms. The lowest BCUT2D eigenvalue weighted by Gasteiger charge is -2.17. The normalized spacial score (nSPS) is 9.94. The van der Waals surface area contributed by atoms with Gasteiger partial charge >= 0.3 is 0 Å². The second-order valence-corrected chi connectivity index (χ2v) is 4.65. The molecule has 1 amide bonds. The van der Waals surface area contributed by atoms with Gasteiger partial charge in [0.25, 0.3) is 5.91 Å². The van der Waals surface area contributed by atoms with Crippen molar-refractivity contribution in [1.29, 1.82) is 0 Å². The lowest BCUT2D eigenvalue weighted by molar-refractivity contribution is 0.0798. The number of carbonyl (C=O) groups excluding carboxylic acids is 1. The van der Waals surface area contributed by atoms with E-state index >= 15 is 0 Å². The summed E-state index contributed by atoms with van der Waals surface area (Å²) in [4.78, 5) is 14.1. The zero-order valence-corrected chi connectivity index (χ0v) is 11.7. The maximum Gasteiger partial charge on any atom is 0.253 e. The number of aryl methyl sites for hydroxylation is 1. The summed E-state index contributed by atoms with van der Waals surface area (Å²) in [5, 5.41) is 0. The molecule has 0 saturated heterocycles. The highest BCUT2D eigenvalue weighted by Crippen LogP contribution is 2.19. The van der Waals surface area contributed by atoms with Gasteiger partial charge in [0.05, 0.1) is 12.1 Å². The Labute approximate surface area is 113 Å². The Kier molecular flexibility index (Phi) is 5.09. The number of ether oxygens (including phenoxy) is 1. The lowest BCUT2D eigenvalue weighted by atomic mass is 10.1. The summed E-state index contributed by atoms with van der Waals surface area (Å²) in [7, 11) is 3.32. The molecule has 2 N–H and O–H groups in total. The van der Waals surface area contributed by atoms with Crippen LogP contribution in [-0.2, 0) is 0 Å². The van der Waals surface area contributed by atoms with E-state index in [1.165, 1.54) is 0 Å². The fourth-order valence-corrected chi connectivity index (χ4v) is 1.64. The molecule has 0 atom stereocenters. The highest BCUT2D eigenvalue weighted by molar-refractivity contribution is 7.80. The van der Waals surface area contributed by atoms with Gasteiger partial charge in [-0.1, -0.05) is 18.3 Å². The molecular weight excluding hydrogens is 248 g/mol. The monoisotopic (exact) mass is 266 g/mol. The van der Waals surface area contributed by atoms with Crippen molar-refractivity contribution < 1.29 is 9.53 Å². The third kappa shape index (κ3) is 3.70. The van der Waals surface area contributed by atoms with Gasteiger partial charge in [-0.2, -0.15) is 0 Å². The molecule has 1 aromatic carbocycles. The Hall–Kier alpha value is -1.62. The molecule has 0 unspecified atom stereocenters. The van der Waals surface area contributed by atoms with E-state index < -0.39 is 0 Å². The molecule has 0 fully saturated rings. The van der Waals surface area contributed by atoms with Crippen LogP contribution in [0.5, 0.6) is 5.75 Å². The molecule has 18 heavy (non-hydrogen) atoms. The number of nitrogens with zero attached hydrogens (tertiary/aromatic N) is 1. The van der Waals surface area contributed by atoms with Crippen LogP contribution in [-0.4, -0.2) is 36.5 Å². The van der Waals surface area contributed by atoms with Crippen molar-refractivity contribution in [3.05, 3.63) is 29.3 Å². The molecule has 98 valence electrons. The zero-order valence-electron chi connectivity index (χ0n) is 10.9. The van der Waals surface area contributed by atoms with Crippen LogP contribution in [0.25, 0.3) is 0 Å². The van der Waals surface area contributed by atoms with E-state index in [4.69, 9.17) is 22.7 Å². The summed E-state index contributed by atoms with van der Waals surface area (Å²) in [6, 6.07) is 5.40. The van der Waals surface area contributed by atoms with Crippen molar-refractivity contribution >= 4 is 23.1 Å². The molecule has 0 saturated carbocycles. The third-order valence-electron chi connectivity index (χ3n) is 2.70. The van der Waals surface area contributed by atoms with E-state index in [1.807, 2.05) is 13.0 Å². The van der Waals surface area contributed by atoms with Crippen molar-refractivity contribution in [2.75, 3.05) is 20.7 Å². The van der Waals surface area contributed by atoms with Gasteiger partial charge in [0.15, 0.2) is 0 Å². The van der Waals surface area contributed by atoms with Crippen LogP contribution < -0.4 is 10.5 Å². The molecule has 5 heteroatoms. The molecule has 0 aliphatic heterocycles. The minimum Gasteiger partial charge on any atom is -0.496 e. The maximum atomic E-state index is 12.1. The summed E-state index contributed by atoms with van der Waals surface area (Å²) in [6.07, 6.45) is 0.528. The number of methoxy groups -OCH3 is 1. The molecule has 0 heterocycles. The molecule has 0 spiro atoms. The maximum absolute atomic E-state index is 12.1. The predicted molar refractivity (Wildman–Crippen MR) is 76.1 cm³/mol. The van der Waals surface area contributed by atoms with E-state index in [1.54, 1.807) is 31.2 Å². The quantitative estimate of drug-likeness (QED) is 0.825. The highest BCUT2D eigenvalue weighted by atomic mass is 32.1. The first kappa shape index (κ1) is 14.4. The molecule has 0 aliphatic carbocycles. The average molecular weight is 266 g/mol. The Morgan fingerprint density at radius 1 is 1.50 bits per heavy atom. The second-order valence-electron chi connectivity index (χ2n) is 4.13. The first-order valence-electron chi connectivity index (χ1n) is 5.64. The number of nitrogens with two attached hydrogens (primary N) is 1. The minimum atomic E-state index is -0.0652. The van der Waals surface area contributed by atoms with Crippen molar-refractivity contribution in [2.24, 2.45) is 5.73 Å². The van der Waals surface area contributed by atoms with Gasteiger partial charge in [0, 0.05) is 25.6 Å². The first-order valence-corrected chi connectivity index (χ1v) is 6.05. The Bertz CT molecular complexity index is 460. The van der Waals surface area contributed by atoms with Crippen molar-refractivity contribution in [1.82, 2.24) is 4.90 Å². The van der Waals surface area contributed by atoms with Gasteiger partial charge in [-0.25, -0.2) is 0 Å². The molecule has 1 aromatic rings. The van der Waals surface area contributed by atoms with E-state index in [0.29, 0.717) is 29.3 Å². The van der Waals surface area contributed by atoms with E-state index in [2.05, 4.69) is 0 Å². The Balaban J connectivity index is 2.80. The molecule has 0 radical (unpaired) electrons. The van der Waals surface area contributed by atoms with Gasteiger partial charge in [-0.05, 0) is 24.6 Å². The average Bonchev–Trinajstić information content (AvgIpc) is 2.35. The second kappa shape index (κ2) is 6.35. The molecule has 4 nitrogen and oxygen atoms in total. The molecule has 1 rings (SSSR count). The standard InChI is InChI=1S/C13H18N2O2S/c1-9-4-5-10(8-11(9)17-3)13(16)15(2)7-6-12(14)18/h4-5,8H,6-7H2,1-3H3,(H2,14,18). The van der Waals surface area contributed by atoms with Crippen LogP contribution in [0.4, 0.5) is 0 Å². The van der Waals surface area contributed by atoms with Gasteiger partial charge in [-0.3, -0.25) is 4.79 Å². The van der Waals surface area contributed by atoms with Crippen LogP contribution in [0.1, 0.15) is 22.3 Å². The van der Waals surface area contributed by atoms with Gasteiger partial charge in [0.2, 0.25) is 0 Å². The Morgan fingerprint density at radius 2 is 2.17 bits per heavy atom. The van der Waals surface area contributed by atoms with Crippen LogP contribution in [0, 0.1) is 6.92 Å². The van der Waals surface area contributed by atoms with Crippen molar-refractivity contribution in [3.63, 3.8) is 0 Å². The van der Waals surface area contributed by atoms with Gasteiger partial charge in [0.1, 0.15) is 5.75 Å². The number of benzene rings is 1. The van der Waals surface area contributed by atoms with Crippen molar-refractivity contribution in [2.45, 2.75) is 13.3 Å².